The molecule has 1 aliphatic carbocycles. The number of piperidine rings is 2. The predicted molar refractivity (Wildman–Crippen MR) is 102 cm³/mol. The van der Waals surface area contributed by atoms with E-state index in [1.54, 1.807) is 4.90 Å². The lowest BCUT2D eigenvalue weighted by Crippen LogP contribution is -2.54. The Morgan fingerprint density at radius 1 is 0.889 bits per heavy atom. The topological polar surface area (TPSA) is 40.6 Å². The van der Waals surface area contributed by atoms with Crippen LogP contribution >= 0.6 is 0 Å². The number of nitrogens with zero attached hydrogens (tertiary/aromatic N) is 2. The lowest BCUT2D eigenvalue weighted by atomic mass is 9.77. The monoisotopic (exact) mass is 372 g/mol. The van der Waals surface area contributed by atoms with Crippen LogP contribution < -0.4 is 0 Å². The molecule has 0 N–H and O–H groups in total. The number of hydrogen-bond acceptors (Lipinski definition) is 2. The smallest absolute Gasteiger partial charge is 0.253 e. The molecule has 3 aliphatic rings. The van der Waals surface area contributed by atoms with Crippen molar-refractivity contribution >= 4 is 11.8 Å². The molecule has 2 heterocycles. The van der Waals surface area contributed by atoms with E-state index in [-0.39, 0.29) is 23.5 Å². The van der Waals surface area contributed by atoms with Crippen molar-refractivity contribution in [2.24, 2.45) is 11.8 Å². The summed E-state index contributed by atoms with van der Waals surface area (Å²) in [4.78, 5) is 30.0. The molecule has 3 fully saturated rings. The highest BCUT2D eigenvalue weighted by molar-refractivity contribution is 5.94. The van der Waals surface area contributed by atoms with Gasteiger partial charge in [-0.2, -0.15) is 0 Å². The Morgan fingerprint density at radius 3 is 2.41 bits per heavy atom. The van der Waals surface area contributed by atoms with E-state index in [1.165, 1.54) is 49.9 Å². The van der Waals surface area contributed by atoms with Crippen LogP contribution in [0.25, 0.3) is 0 Å². The highest BCUT2D eigenvalue weighted by Gasteiger charge is 2.39. The first-order valence-corrected chi connectivity index (χ1v) is 10.5. The van der Waals surface area contributed by atoms with Gasteiger partial charge in [-0.15, -0.1) is 0 Å². The van der Waals surface area contributed by atoms with Crippen LogP contribution in [0.2, 0.25) is 0 Å². The Hall–Kier alpha value is -1.91. The molecule has 4 nitrogen and oxygen atoms in total. The molecule has 1 aromatic rings. The van der Waals surface area contributed by atoms with Gasteiger partial charge in [-0.3, -0.25) is 9.59 Å². The van der Waals surface area contributed by atoms with Crippen LogP contribution in [0.4, 0.5) is 4.39 Å². The number of amides is 2. The van der Waals surface area contributed by atoms with Crippen LogP contribution in [0.15, 0.2) is 24.3 Å². The maximum atomic E-state index is 13.3. The SMILES string of the molecule is O=C(c1ccc(F)cc1)N1CCC[C@H](C(=O)N2CCC[C@@H]3CCCC[C@@H]32)C1. The van der Waals surface area contributed by atoms with E-state index in [0.717, 1.165) is 32.2 Å². The molecule has 2 saturated heterocycles. The van der Waals surface area contributed by atoms with Crippen molar-refractivity contribution in [2.75, 3.05) is 19.6 Å². The molecule has 0 spiro atoms. The van der Waals surface area contributed by atoms with Gasteiger partial charge in [0.15, 0.2) is 0 Å². The first-order valence-electron chi connectivity index (χ1n) is 10.5. The lowest BCUT2D eigenvalue weighted by molar-refractivity contribution is -0.143. The zero-order chi connectivity index (χ0) is 18.8. The van der Waals surface area contributed by atoms with Gasteiger partial charge < -0.3 is 9.80 Å². The van der Waals surface area contributed by atoms with Gasteiger partial charge in [0.1, 0.15) is 5.82 Å². The van der Waals surface area contributed by atoms with E-state index in [2.05, 4.69) is 4.90 Å². The predicted octanol–water partition coefficient (Wildman–Crippen LogP) is 3.86. The van der Waals surface area contributed by atoms with Crippen LogP contribution in [-0.2, 0) is 4.79 Å². The average molecular weight is 372 g/mol. The minimum atomic E-state index is -0.342. The molecule has 146 valence electrons. The third-order valence-electron chi connectivity index (χ3n) is 6.68. The van der Waals surface area contributed by atoms with Crippen molar-refractivity contribution in [1.29, 1.82) is 0 Å². The van der Waals surface area contributed by atoms with Gasteiger partial charge in [0.05, 0.1) is 5.92 Å². The van der Waals surface area contributed by atoms with E-state index in [9.17, 15) is 14.0 Å². The standard InChI is InChI=1S/C22H29FN2O2/c23-19-11-9-17(10-12-19)21(26)24-13-3-7-18(15-24)22(27)25-14-4-6-16-5-1-2-8-20(16)25/h9-12,16,18,20H,1-8,13-15H2/t16-,18-,20-/m0/s1. The Kier molecular flexibility index (Phi) is 5.46. The molecule has 0 radical (unpaired) electrons. The highest BCUT2D eigenvalue weighted by Crippen LogP contribution is 2.36. The van der Waals surface area contributed by atoms with Crippen molar-refractivity contribution in [3.63, 3.8) is 0 Å². The fraction of sp³-hybridized carbons (Fsp3) is 0.636. The first kappa shape index (κ1) is 18.5. The van der Waals surface area contributed by atoms with Crippen molar-refractivity contribution < 1.29 is 14.0 Å². The summed E-state index contributed by atoms with van der Waals surface area (Å²) in [6.45, 7) is 2.04. The van der Waals surface area contributed by atoms with Crippen LogP contribution in [-0.4, -0.2) is 47.3 Å². The Labute approximate surface area is 160 Å². The van der Waals surface area contributed by atoms with Gasteiger partial charge in [-0.25, -0.2) is 4.39 Å². The molecule has 0 unspecified atom stereocenters. The summed E-state index contributed by atoms with van der Waals surface area (Å²) < 4.78 is 13.1. The summed E-state index contributed by atoms with van der Waals surface area (Å²) >= 11 is 0. The molecule has 2 amide bonds. The van der Waals surface area contributed by atoms with E-state index in [0.29, 0.717) is 30.6 Å². The summed E-state index contributed by atoms with van der Waals surface area (Å²) in [6.07, 6.45) is 9.00. The normalized spacial score (nSPS) is 28.6. The molecule has 0 aromatic heterocycles. The number of rotatable bonds is 2. The quantitative estimate of drug-likeness (QED) is 0.791. The minimum Gasteiger partial charge on any atom is -0.339 e. The molecule has 4 rings (SSSR count). The maximum absolute atomic E-state index is 13.3. The lowest BCUT2D eigenvalue weighted by Gasteiger charge is -2.46. The molecule has 0 bridgehead atoms. The largest absolute Gasteiger partial charge is 0.339 e. The number of likely N-dealkylation sites (tertiary alicyclic amines) is 2. The number of carbonyl (C=O) groups is 2. The Morgan fingerprint density at radius 2 is 1.59 bits per heavy atom. The van der Waals surface area contributed by atoms with E-state index in [4.69, 9.17) is 0 Å². The second-order valence-corrected chi connectivity index (χ2v) is 8.38. The summed E-state index contributed by atoms with van der Waals surface area (Å²) in [5.41, 5.74) is 0.495. The average Bonchev–Trinajstić information content (AvgIpc) is 2.73. The summed E-state index contributed by atoms with van der Waals surface area (Å²) in [5, 5.41) is 0. The van der Waals surface area contributed by atoms with Gasteiger partial charge in [0.25, 0.3) is 5.91 Å². The number of carbonyl (C=O) groups excluding carboxylic acids is 2. The van der Waals surface area contributed by atoms with Gasteiger partial charge in [0, 0.05) is 31.2 Å². The van der Waals surface area contributed by atoms with Crippen LogP contribution in [0, 0.1) is 17.7 Å². The van der Waals surface area contributed by atoms with E-state index >= 15 is 0 Å². The van der Waals surface area contributed by atoms with Gasteiger partial charge in [-0.05, 0) is 68.7 Å². The molecule has 5 heteroatoms. The molecule has 27 heavy (non-hydrogen) atoms. The van der Waals surface area contributed by atoms with E-state index in [1.807, 2.05) is 0 Å². The molecule has 1 aromatic carbocycles. The van der Waals surface area contributed by atoms with Crippen LogP contribution in [0.1, 0.15) is 61.7 Å². The number of benzene rings is 1. The highest BCUT2D eigenvalue weighted by atomic mass is 19.1. The molecular weight excluding hydrogens is 343 g/mol. The van der Waals surface area contributed by atoms with Gasteiger partial charge in [-0.1, -0.05) is 12.8 Å². The minimum absolute atomic E-state index is 0.0937. The summed E-state index contributed by atoms with van der Waals surface area (Å²) in [5.74, 6) is 0.399. The van der Waals surface area contributed by atoms with Gasteiger partial charge >= 0.3 is 0 Å². The second kappa shape index (κ2) is 7.99. The van der Waals surface area contributed by atoms with Crippen molar-refractivity contribution in [3.8, 4) is 0 Å². The Balaban J connectivity index is 1.43. The Bertz CT molecular complexity index is 688. The molecule has 2 aliphatic heterocycles. The fourth-order valence-electron chi connectivity index (χ4n) is 5.27. The number of halogens is 1. The first-order chi connectivity index (χ1) is 13.1. The third kappa shape index (κ3) is 3.87. The molecule has 1 saturated carbocycles. The zero-order valence-corrected chi connectivity index (χ0v) is 15.9. The third-order valence-corrected chi connectivity index (χ3v) is 6.68. The van der Waals surface area contributed by atoms with Crippen LogP contribution in [0.3, 0.4) is 0 Å². The van der Waals surface area contributed by atoms with Gasteiger partial charge in [0.2, 0.25) is 5.91 Å². The summed E-state index contributed by atoms with van der Waals surface area (Å²) in [7, 11) is 0. The molecule has 3 atom stereocenters. The molecular formula is C22H29FN2O2. The number of hydrogen-bond donors (Lipinski definition) is 0. The summed E-state index contributed by atoms with van der Waals surface area (Å²) in [6, 6.07) is 6.11. The van der Waals surface area contributed by atoms with Crippen molar-refractivity contribution in [1.82, 2.24) is 9.80 Å². The van der Waals surface area contributed by atoms with Crippen molar-refractivity contribution in [2.45, 2.75) is 57.4 Å². The fourth-order valence-corrected chi connectivity index (χ4v) is 5.27. The van der Waals surface area contributed by atoms with Crippen LogP contribution in [0.5, 0.6) is 0 Å². The second-order valence-electron chi connectivity index (χ2n) is 8.38. The number of fused-ring (bicyclic) bond motifs is 1. The maximum Gasteiger partial charge on any atom is 0.253 e. The van der Waals surface area contributed by atoms with Crippen molar-refractivity contribution in [3.05, 3.63) is 35.6 Å². The van der Waals surface area contributed by atoms with E-state index < -0.39 is 0 Å². The zero-order valence-electron chi connectivity index (χ0n) is 15.9.